The van der Waals surface area contributed by atoms with E-state index in [1.807, 2.05) is 6.07 Å². The van der Waals surface area contributed by atoms with Crippen LogP contribution in [0.2, 0.25) is 10.0 Å². The first kappa shape index (κ1) is 11.8. The molecule has 0 saturated carbocycles. The number of rotatable bonds is 3. The molecule has 0 radical (unpaired) electrons. The first-order chi connectivity index (χ1) is 6.60. The van der Waals surface area contributed by atoms with Crippen LogP contribution in [0.15, 0.2) is 12.1 Å². The molecule has 1 aromatic rings. The number of hydrogen-bond donors (Lipinski definition) is 1. The molecule has 1 nitrogen and oxygen atoms in total. The van der Waals surface area contributed by atoms with E-state index >= 15 is 0 Å². The Morgan fingerprint density at radius 3 is 2.43 bits per heavy atom. The molecule has 0 aliphatic carbocycles. The monoisotopic (exact) mass is 231 g/mol. The molecule has 0 bridgehead atoms. The number of nitrogens with two attached hydrogens (primary N) is 1. The summed E-state index contributed by atoms with van der Waals surface area (Å²) in [6.45, 7) is 4.12. The van der Waals surface area contributed by atoms with Crippen LogP contribution in [0.3, 0.4) is 0 Å². The van der Waals surface area contributed by atoms with Crippen molar-refractivity contribution in [2.24, 2.45) is 5.73 Å². The average molecular weight is 232 g/mol. The van der Waals surface area contributed by atoms with Gasteiger partial charge in [0.05, 0.1) is 0 Å². The molecule has 0 unspecified atom stereocenters. The van der Waals surface area contributed by atoms with Crippen molar-refractivity contribution in [2.75, 3.05) is 0 Å². The van der Waals surface area contributed by atoms with Gasteiger partial charge in [0.1, 0.15) is 0 Å². The summed E-state index contributed by atoms with van der Waals surface area (Å²) in [5.74, 6) is 0. The Morgan fingerprint density at radius 2 is 1.93 bits per heavy atom. The van der Waals surface area contributed by atoms with Gasteiger partial charge < -0.3 is 5.73 Å². The fourth-order valence-electron chi connectivity index (χ4n) is 1.55. The Kier molecular flexibility index (Phi) is 4.24. The van der Waals surface area contributed by atoms with E-state index in [9.17, 15) is 0 Å². The highest BCUT2D eigenvalue weighted by Crippen LogP contribution is 2.29. The molecule has 0 aliphatic heterocycles. The van der Waals surface area contributed by atoms with Crippen LogP contribution in [-0.4, -0.2) is 0 Å². The second-order valence-corrected chi connectivity index (χ2v) is 4.17. The van der Waals surface area contributed by atoms with Crippen LogP contribution in [0.1, 0.15) is 37.4 Å². The van der Waals surface area contributed by atoms with Crippen LogP contribution in [0.4, 0.5) is 0 Å². The first-order valence-electron chi connectivity index (χ1n) is 4.83. The minimum absolute atomic E-state index is 0.0288. The molecular formula is C11H15Cl2N. The van der Waals surface area contributed by atoms with Crippen molar-refractivity contribution in [1.82, 2.24) is 0 Å². The Morgan fingerprint density at radius 1 is 1.29 bits per heavy atom. The molecule has 3 heteroatoms. The van der Waals surface area contributed by atoms with Crippen LogP contribution >= 0.6 is 23.2 Å². The molecule has 0 spiro atoms. The summed E-state index contributed by atoms with van der Waals surface area (Å²) in [7, 11) is 0. The maximum absolute atomic E-state index is 6.10. The summed E-state index contributed by atoms with van der Waals surface area (Å²) >= 11 is 12.0. The predicted molar refractivity (Wildman–Crippen MR) is 63.1 cm³/mol. The molecule has 1 rings (SSSR count). The molecule has 1 aromatic carbocycles. The van der Waals surface area contributed by atoms with Crippen molar-refractivity contribution in [1.29, 1.82) is 0 Å². The fourth-order valence-corrected chi connectivity index (χ4v) is 2.19. The first-order valence-corrected chi connectivity index (χ1v) is 5.59. The van der Waals surface area contributed by atoms with Gasteiger partial charge in [0, 0.05) is 16.1 Å². The van der Waals surface area contributed by atoms with Crippen LogP contribution in [-0.2, 0) is 6.42 Å². The molecule has 0 saturated heterocycles. The Labute approximate surface area is 95.2 Å². The number of hydrogen-bond acceptors (Lipinski definition) is 1. The average Bonchev–Trinajstić information content (AvgIpc) is 2.15. The number of halogens is 2. The number of benzene rings is 1. The van der Waals surface area contributed by atoms with Gasteiger partial charge in [-0.05, 0) is 36.1 Å². The van der Waals surface area contributed by atoms with Crippen molar-refractivity contribution in [3.8, 4) is 0 Å². The SMILES string of the molecule is CCc1c(Cl)cc(Cl)cc1[C@H](N)CC. The third-order valence-corrected chi connectivity index (χ3v) is 2.94. The van der Waals surface area contributed by atoms with E-state index in [4.69, 9.17) is 28.9 Å². The van der Waals surface area contributed by atoms with Crippen LogP contribution in [0.5, 0.6) is 0 Å². The lowest BCUT2D eigenvalue weighted by molar-refractivity contribution is 0.690. The van der Waals surface area contributed by atoms with E-state index in [-0.39, 0.29) is 6.04 Å². The van der Waals surface area contributed by atoms with Gasteiger partial charge in [0.2, 0.25) is 0 Å². The lowest BCUT2D eigenvalue weighted by atomic mass is 9.97. The van der Waals surface area contributed by atoms with Crippen molar-refractivity contribution in [3.05, 3.63) is 33.3 Å². The van der Waals surface area contributed by atoms with E-state index in [1.165, 1.54) is 0 Å². The second-order valence-electron chi connectivity index (χ2n) is 3.32. The minimum atomic E-state index is 0.0288. The summed E-state index contributed by atoms with van der Waals surface area (Å²) < 4.78 is 0. The Hall–Kier alpha value is -0.240. The molecule has 78 valence electrons. The molecular weight excluding hydrogens is 217 g/mol. The highest BCUT2D eigenvalue weighted by Gasteiger charge is 2.12. The van der Waals surface area contributed by atoms with Gasteiger partial charge in [-0.2, -0.15) is 0 Å². The molecule has 1 atom stereocenters. The van der Waals surface area contributed by atoms with Crippen LogP contribution < -0.4 is 5.73 Å². The summed E-state index contributed by atoms with van der Waals surface area (Å²) in [6.07, 6.45) is 1.78. The van der Waals surface area contributed by atoms with Crippen molar-refractivity contribution in [2.45, 2.75) is 32.7 Å². The van der Waals surface area contributed by atoms with Gasteiger partial charge in [-0.15, -0.1) is 0 Å². The van der Waals surface area contributed by atoms with E-state index in [0.29, 0.717) is 5.02 Å². The van der Waals surface area contributed by atoms with Gasteiger partial charge in [0.25, 0.3) is 0 Å². The highest BCUT2D eigenvalue weighted by atomic mass is 35.5. The van der Waals surface area contributed by atoms with Crippen molar-refractivity contribution >= 4 is 23.2 Å². The summed E-state index contributed by atoms with van der Waals surface area (Å²) in [5, 5.41) is 1.38. The van der Waals surface area contributed by atoms with Gasteiger partial charge in [-0.1, -0.05) is 37.0 Å². The zero-order valence-electron chi connectivity index (χ0n) is 8.48. The highest BCUT2D eigenvalue weighted by molar-refractivity contribution is 6.35. The summed E-state index contributed by atoms with van der Waals surface area (Å²) in [4.78, 5) is 0. The molecule has 0 heterocycles. The zero-order valence-corrected chi connectivity index (χ0v) is 9.99. The Bertz CT molecular complexity index is 323. The second kappa shape index (κ2) is 5.01. The third kappa shape index (κ3) is 2.41. The van der Waals surface area contributed by atoms with E-state index in [0.717, 1.165) is 29.0 Å². The van der Waals surface area contributed by atoms with Gasteiger partial charge in [0.15, 0.2) is 0 Å². The van der Waals surface area contributed by atoms with E-state index < -0.39 is 0 Å². The molecule has 0 fully saturated rings. The van der Waals surface area contributed by atoms with E-state index in [2.05, 4.69) is 13.8 Å². The maximum atomic E-state index is 6.10. The van der Waals surface area contributed by atoms with Gasteiger partial charge in [-0.25, -0.2) is 0 Å². The van der Waals surface area contributed by atoms with Crippen LogP contribution in [0, 0.1) is 0 Å². The standard InChI is InChI=1S/C11H15Cl2N/c1-3-8-9(11(14)4-2)5-7(12)6-10(8)13/h5-6,11H,3-4,14H2,1-2H3/t11-/m1/s1. The molecule has 0 amide bonds. The lowest BCUT2D eigenvalue weighted by Gasteiger charge is -2.15. The Balaban J connectivity index is 3.24. The predicted octanol–water partition coefficient (Wildman–Crippen LogP) is 3.97. The van der Waals surface area contributed by atoms with Crippen LogP contribution in [0.25, 0.3) is 0 Å². The topological polar surface area (TPSA) is 26.0 Å². The molecule has 0 aromatic heterocycles. The molecule has 2 N–H and O–H groups in total. The summed E-state index contributed by atoms with van der Waals surface area (Å²) in [5.41, 5.74) is 8.18. The molecule has 14 heavy (non-hydrogen) atoms. The quantitative estimate of drug-likeness (QED) is 0.838. The minimum Gasteiger partial charge on any atom is -0.324 e. The fraction of sp³-hybridized carbons (Fsp3) is 0.455. The van der Waals surface area contributed by atoms with E-state index in [1.54, 1.807) is 6.07 Å². The smallest absolute Gasteiger partial charge is 0.0456 e. The summed E-state index contributed by atoms with van der Waals surface area (Å²) in [6, 6.07) is 3.72. The zero-order chi connectivity index (χ0) is 10.7. The largest absolute Gasteiger partial charge is 0.324 e. The normalized spacial score (nSPS) is 12.9. The lowest BCUT2D eigenvalue weighted by Crippen LogP contribution is -2.11. The molecule has 0 aliphatic rings. The van der Waals surface area contributed by atoms with Gasteiger partial charge in [-0.3, -0.25) is 0 Å². The third-order valence-electron chi connectivity index (χ3n) is 2.39. The maximum Gasteiger partial charge on any atom is 0.0456 e. The van der Waals surface area contributed by atoms with Gasteiger partial charge >= 0.3 is 0 Å². The van der Waals surface area contributed by atoms with Crippen molar-refractivity contribution in [3.63, 3.8) is 0 Å². The van der Waals surface area contributed by atoms with Crippen molar-refractivity contribution < 1.29 is 0 Å².